The van der Waals surface area contributed by atoms with E-state index in [9.17, 15) is 4.79 Å². The van der Waals surface area contributed by atoms with Crippen LogP contribution in [0, 0.1) is 0 Å². The second-order valence-corrected chi connectivity index (χ2v) is 6.48. The van der Waals surface area contributed by atoms with Crippen molar-refractivity contribution in [2.24, 2.45) is 0 Å². The van der Waals surface area contributed by atoms with Gasteiger partial charge in [-0.25, -0.2) is 4.98 Å². The number of imidazole rings is 1. The highest BCUT2D eigenvalue weighted by atomic mass is 35.5. The van der Waals surface area contributed by atoms with E-state index in [2.05, 4.69) is 15.3 Å². The second-order valence-electron chi connectivity index (χ2n) is 6.04. The Balaban J connectivity index is 0.00000225. The summed E-state index contributed by atoms with van der Waals surface area (Å²) in [7, 11) is 0. The summed E-state index contributed by atoms with van der Waals surface area (Å²) in [6.07, 6.45) is 1.86. The summed E-state index contributed by atoms with van der Waals surface area (Å²) in [5, 5.41) is 3.50. The van der Waals surface area contributed by atoms with Crippen LogP contribution < -0.4 is 5.32 Å². The molecule has 0 saturated carbocycles. The molecular weight excluding hydrogens is 393 g/mol. The fraction of sp³-hybridized carbons (Fsp3) is 0. The lowest BCUT2D eigenvalue weighted by molar-refractivity contribution is 0.102. The molecule has 2 N–H and O–H groups in total. The Kier molecular flexibility index (Phi) is 6.14. The van der Waals surface area contributed by atoms with Crippen molar-refractivity contribution in [1.29, 1.82) is 0 Å². The maximum absolute atomic E-state index is 12.4. The molecule has 0 unspecified atom stereocenters. The quantitative estimate of drug-likeness (QED) is 0.429. The number of nitrogens with zero attached hydrogens (tertiary/aromatic N) is 1. The summed E-state index contributed by atoms with van der Waals surface area (Å²) in [6, 6.07) is 24.3. The van der Waals surface area contributed by atoms with Crippen LogP contribution >= 0.6 is 24.0 Å². The van der Waals surface area contributed by atoms with Crippen molar-refractivity contribution < 1.29 is 4.79 Å². The molecule has 1 amide bonds. The largest absolute Gasteiger partial charge is 0.344 e. The number of halogens is 2. The number of hydrogen-bond donors (Lipinski definition) is 2. The van der Waals surface area contributed by atoms with Crippen LogP contribution in [-0.4, -0.2) is 15.9 Å². The Bertz CT molecular complexity index is 1080. The number of amides is 1. The van der Waals surface area contributed by atoms with E-state index >= 15 is 0 Å². The van der Waals surface area contributed by atoms with Gasteiger partial charge >= 0.3 is 0 Å². The van der Waals surface area contributed by atoms with Gasteiger partial charge in [0.15, 0.2) is 0 Å². The van der Waals surface area contributed by atoms with Gasteiger partial charge in [-0.15, -0.1) is 12.4 Å². The maximum atomic E-state index is 12.4. The van der Waals surface area contributed by atoms with E-state index in [-0.39, 0.29) is 18.3 Å². The van der Waals surface area contributed by atoms with Gasteiger partial charge in [0.25, 0.3) is 5.91 Å². The monoisotopic (exact) mass is 409 g/mol. The molecule has 0 aliphatic heterocycles. The lowest BCUT2D eigenvalue weighted by Crippen LogP contribution is -2.11. The van der Waals surface area contributed by atoms with Gasteiger partial charge in [-0.2, -0.15) is 0 Å². The number of anilines is 1. The van der Waals surface area contributed by atoms with Crippen LogP contribution in [0.4, 0.5) is 5.69 Å². The van der Waals surface area contributed by atoms with Crippen LogP contribution in [0.5, 0.6) is 0 Å². The van der Waals surface area contributed by atoms with Crippen molar-refractivity contribution in [1.82, 2.24) is 9.97 Å². The number of H-pyrrole nitrogens is 1. The lowest BCUT2D eigenvalue weighted by atomic mass is 10.1. The molecule has 0 aliphatic carbocycles. The first-order valence-corrected chi connectivity index (χ1v) is 8.85. The predicted molar refractivity (Wildman–Crippen MR) is 116 cm³/mol. The Morgan fingerprint density at radius 2 is 1.61 bits per heavy atom. The molecule has 0 fully saturated rings. The molecule has 4 nitrogen and oxygen atoms in total. The molecule has 6 heteroatoms. The molecule has 1 aromatic heterocycles. The molecular formula is C22H17Cl2N3O. The highest BCUT2D eigenvalue weighted by Crippen LogP contribution is 2.24. The summed E-state index contributed by atoms with van der Waals surface area (Å²) in [5.41, 5.74) is 4.02. The Morgan fingerprint density at radius 3 is 2.36 bits per heavy atom. The number of carbonyl (C=O) groups excluding carboxylic acids is 1. The number of carbonyl (C=O) groups is 1. The van der Waals surface area contributed by atoms with Gasteiger partial charge in [0, 0.05) is 33.6 Å². The van der Waals surface area contributed by atoms with Crippen molar-refractivity contribution in [2.75, 3.05) is 5.32 Å². The van der Waals surface area contributed by atoms with E-state index in [4.69, 9.17) is 11.6 Å². The van der Waals surface area contributed by atoms with E-state index in [1.165, 1.54) is 0 Å². The van der Waals surface area contributed by atoms with Gasteiger partial charge in [-0.3, -0.25) is 4.79 Å². The van der Waals surface area contributed by atoms with E-state index in [0.717, 1.165) is 22.6 Å². The predicted octanol–water partition coefficient (Wildman–Crippen LogP) is 6.07. The Hall–Kier alpha value is -3.08. The minimum absolute atomic E-state index is 0. The number of hydrogen-bond acceptors (Lipinski definition) is 2. The zero-order chi connectivity index (χ0) is 18.6. The summed E-state index contributed by atoms with van der Waals surface area (Å²) >= 11 is 5.87. The number of benzene rings is 3. The zero-order valence-electron chi connectivity index (χ0n) is 14.7. The van der Waals surface area contributed by atoms with Gasteiger partial charge in [0.2, 0.25) is 0 Å². The molecule has 3 aromatic carbocycles. The normalized spacial score (nSPS) is 10.2. The number of rotatable bonds is 4. The topological polar surface area (TPSA) is 57.8 Å². The SMILES string of the molecule is Cl.O=C(Nc1cccc(-c2c[nH]c(-c3ccccc3)n2)c1)c1ccc(Cl)cc1. The Labute approximate surface area is 174 Å². The standard InChI is InChI=1S/C22H16ClN3O.ClH/c23-18-11-9-16(10-12-18)22(27)25-19-8-4-7-17(13-19)20-14-24-21(26-20)15-5-2-1-3-6-15;/h1-14H,(H,24,26)(H,25,27);1H. The third-order valence-corrected chi connectivity index (χ3v) is 4.40. The molecule has 0 atom stereocenters. The van der Waals surface area contributed by atoms with E-state index in [1.54, 1.807) is 24.3 Å². The van der Waals surface area contributed by atoms with E-state index < -0.39 is 0 Å². The fourth-order valence-corrected chi connectivity index (χ4v) is 2.90. The van der Waals surface area contributed by atoms with E-state index in [0.29, 0.717) is 16.3 Å². The van der Waals surface area contributed by atoms with Gasteiger partial charge in [-0.1, -0.05) is 54.1 Å². The van der Waals surface area contributed by atoms with Gasteiger partial charge in [-0.05, 0) is 36.4 Å². The van der Waals surface area contributed by atoms with Crippen molar-refractivity contribution in [3.05, 3.63) is 95.6 Å². The summed E-state index contributed by atoms with van der Waals surface area (Å²) in [6.45, 7) is 0. The first-order valence-electron chi connectivity index (χ1n) is 8.47. The average Bonchev–Trinajstić information content (AvgIpc) is 3.20. The van der Waals surface area contributed by atoms with E-state index in [1.807, 2.05) is 60.8 Å². The first kappa shape index (κ1) is 19.7. The van der Waals surface area contributed by atoms with Crippen LogP contribution in [0.15, 0.2) is 85.1 Å². The summed E-state index contributed by atoms with van der Waals surface area (Å²) < 4.78 is 0. The molecule has 0 spiro atoms. The van der Waals surface area contributed by atoms with Crippen molar-refractivity contribution >= 4 is 35.6 Å². The van der Waals surface area contributed by atoms with Crippen LogP contribution in [-0.2, 0) is 0 Å². The number of nitrogens with one attached hydrogen (secondary N) is 2. The molecule has 1 heterocycles. The third kappa shape index (κ3) is 4.42. The highest BCUT2D eigenvalue weighted by Gasteiger charge is 2.09. The molecule has 0 radical (unpaired) electrons. The highest BCUT2D eigenvalue weighted by molar-refractivity contribution is 6.30. The molecule has 0 bridgehead atoms. The molecule has 140 valence electrons. The van der Waals surface area contributed by atoms with Crippen molar-refractivity contribution in [3.8, 4) is 22.6 Å². The average molecular weight is 410 g/mol. The molecule has 0 aliphatic rings. The smallest absolute Gasteiger partial charge is 0.255 e. The van der Waals surface area contributed by atoms with Crippen LogP contribution in [0.3, 0.4) is 0 Å². The summed E-state index contributed by atoms with van der Waals surface area (Å²) in [4.78, 5) is 20.2. The number of aromatic amines is 1. The van der Waals surface area contributed by atoms with Gasteiger partial charge in [0.1, 0.15) is 5.82 Å². The fourth-order valence-electron chi connectivity index (χ4n) is 2.77. The molecule has 4 aromatic rings. The zero-order valence-corrected chi connectivity index (χ0v) is 16.3. The lowest BCUT2D eigenvalue weighted by Gasteiger charge is -2.07. The first-order chi connectivity index (χ1) is 13.2. The van der Waals surface area contributed by atoms with Crippen LogP contribution in [0.2, 0.25) is 5.02 Å². The third-order valence-electron chi connectivity index (χ3n) is 4.15. The summed E-state index contributed by atoms with van der Waals surface area (Å²) in [5.74, 6) is 0.622. The van der Waals surface area contributed by atoms with Gasteiger partial charge < -0.3 is 10.3 Å². The minimum atomic E-state index is -0.184. The van der Waals surface area contributed by atoms with Gasteiger partial charge in [0.05, 0.1) is 5.69 Å². The molecule has 0 saturated heterocycles. The van der Waals surface area contributed by atoms with Crippen LogP contribution in [0.25, 0.3) is 22.6 Å². The second kappa shape index (κ2) is 8.74. The Morgan fingerprint density at radius 1 is 0.893 bits per heavy atom. The molecule has 4 rings (SSSR count). The van der Waals surface area contributed by atoms with Crippen molar-refractivity contribution in [3.63, 3.8) is 0 Å². The minimum Gasteiger partial charge on any atom is -0.344 e. The maximum Gasteiger partial charge on any atom is 0.255 e. The number of aromatic nitrogens is 2. The van der Waals surface area contributed by atoms with Crippen LogP contribution in [0.1, 0.15) is 10.4 Å². The molecule has 28 heavy (non-hydrogen) atoms. The van der Waals surface area contributed by atoms with Crippen molar-refractivity contribution in [2.45, 2.75) is 0 Å².